The van der Waals surface area contributed by atoms with Crippen molar-refractivity contribution in [2.45, 2.75) is 32.5 Å². The Hall–Kier alpha value is -3.37. The Balaban J connectivity index is 1.53. The van der Waals surface area contributed by atoms with Crippen LogP contribution in [0.1, 0.15) is 24.5 Å². The lowest BCUT2D eigenvalue weighted by molar-refractivity contribution is -0.149. The van der Waals surface area contributed by atoms with Crippen LogP contribution in [0.15, 0.2) is 66.7 Å². The van der Waals surface area contributed by atoms with E-state index in [0.29, 0.717) is 43.6 Å². The van der Waals surface area contributed by atoms with Gasteiger partial charge in [-0.3, -0.25) is 0 Å². The number of aliphatic carboxylic acids is 1. The molecule has 0 saturated carbocycles. The highest BCUT2D eigenvalue weighted by molar-refractivity contribution is 6.35. The van der Waals surface area contributed by atoms with Crippen molar-refractivity contribution in [2.24, 2.45) is 0 Å². The van der Waals surface area contributed by atoms with E-state index < -0.39 is 18.2 Å². The third-order valence-corrected chi connectivity index (χ3v) is 6.40. The third-order valence-electron chi connectivity index (χ3n) is 5.87. The summed E-state index contributed by atoms with van der Waals surface area (Å²) in [5.74, 6) is -0.578. The van der Waals surface area contributed by atoms with Crippen molar-refractivity contribution in [3.63, 3.8) is 0 Å². The number of hydrogen-bond acceptors (Lipinski definition) is 6. The molecule has 220 valence electrons. The molecule has 0 spiro atoms. The summed E-state index contributed by atoms with van der Waals surface area (Å²) in [6.07, 6.45) is -0.772. The van der Waals surface area contributed by atoms with Gasteiger partial charge in [-0.1, -0.05) is 47.5 Å². The molecule has 3 aromatic carbocycles. The predicted molar refractivity (Wildman–Crippen MR) is 153 cm³/mol. The molecule has 0 aromatic heterocycles. The molecule has 1 unspecified atom stereocenters. The molecular weight excluding hydrogens is 576 g/mol. The van der Waals surface area contributed by atoms with Crippen molar-refractivity contribution in [1.82, 2.24) is 4.90 Å². The first-order valence-corrected chi connectivity index (χ1v) is 13.8. The molecule has 0 aliphatic carbocycles. The van der Waals surface area contributed by atoms with Crippen molar-refractivity contribution in [1.29, 1.82) is 0 Å². The zero-order valence-electron chi connectivity index (χ0n) is 22.6. The lowest BCUT2D eigenvalue weighted by atomic mass is 10.1. The first-order chi connectivity index (χ1) is 19.7. The summed E-state index contributed by atoms with van der Waals surface area (Å²) in [6.45, 7) is 3.46. The SMILES string of the molecule is CCOC(Cc1ccc(OCCN(CCCOCc2ccc(F)cc2)C(=O)Oc2ccc(Cl)cc2Cl)cc1)C(=O)O. The highest BCUT2D eigenvalue weighted by Crippen LogP contribution is 2.28. The zero-order valence-corrected chi connectivity index (χ0v) is 24.1. The highest BCUT2D eigenvalue weighted by atomic mass is 35.5. The first-order valence-electron chi connectivity index (χ1n) is 13.0. The van der Waals surface area contributed by atoms with Gasteiger partial charge in [-0.2, -0.15) is 0 Å². The lowest BCUT2D eigenvalue weighted by Crippen LogP contribution is -2.38. The summed E-state index contributed by atoms with van der Waals surface area (Å²) in [5.41, 5.74) is 1.64. The van der Waals surface area contributed by atoms with Crippen LogP contribution >= 0.6 is 23.2 Å². The quantitative estimate of drug-likeness (QED) is 0.182. The molecule has 0 aliphatic rings. The molecule has 3 rings (SSSR count). The lowest BCUT2D eigenvalue weighted by Gasteiger charge is -2.22. The van der Waals surface area contributed by atoms with E-state index in [9.17, 15) is 19.1 Å². The molecule has 1 amide bonds. The van der Waals surface area contributed by atoms with Crippen LogP contribution in [0.4, 0.5) is 9.18 Å². The second-order valence-corrected chi connectivity index (χ2v) is 9.78. The monoisotopic (exact) mass is 607 g/mol. The van der Waals surface area contributed by atoms with E-state index in [1.165, 1.54) is 29.2 Å². The summed E-state index contributed by atoms with van der Waals surface area (Å²) >= 11 is 12.1. The maximum absolute atomic E-state index is 13.1. The van der Waals surface area contributed by atoms with Crippen molar-refractivity contribution < 1.29 is 38.0 Å². The molecular formula is C30H32Cl2FNO7. The van der Waals surface area contributed by atoms with Crippen LogP contribution in [0.5, 0.6) is 11.5 Å². The summed E-state index contributed by atoms with van der Waals surface area (Å²) in [6, 6.07) is 17.7. The van der Waals surface area contributed by atoms with Gasteiger partial charge in [0.2, 0.25) is 0 Å². The molecule has 0 saturated heterocycles. The number of carboxylic acids is 1. The summed E-state index contributed by atoms with van der Waals surface area (Å²) < 4.78 is 35.3. The summed E-state index contributed by atoms with van der Waals surface area (Å²) in [4.78, 5) is 25.8. The van der Waals surface area contributed by atoms with E-state index in [1.54, 1.807) is 49.4 Å². The van der Waals surface area contributed by atoms with Crippen molar-refractivity contribution in [3.8, 4) is 11.5 Å². The van der Waals surface area contributed by atoms with Gasteiger partial charge in [-0.05, 0) is 66.9 Å². The van der Waals surface area contributed by atoms with Gasteiger partial charge in [0.1, 0.15) is 18.2 Å². The van der Waals surface area contributed by atoms with E-state index >= 15 is 0 Å². The Morgan fingerprint density at radius 3 is 2.32 bits per heavy atom. The van der Waals surface area contributed by atoms with Crippen LogP contribution in [0.2, 0.25) is 10.0 Å². The van der Waals surface area contributed by atoms with Crippen LogP contribution in [-0.4, -0.2) is 61.1 Å². The van der Waals surface area contributed by atoms with Gasteiger partial charge in [0.25, 0.3) is 0 Å². The van der Waals surface area contributed by atoms with Crippen molar-refractivity contribution >= 4 is 35.3 Å². The number of carbonyl (C=O) groups excluding carboxylic acids is 1. The van der Waals surface area contributed by atoms with Crippen LogP contribution in [-0.2, 0) is 27.3 Å². The Labute approximate surface area is 248 Å². The van der Waals surface area contributed by atoms with Gasteiger partial charge in [0.15, 0.2) is 11.9 Å². The standard InChI is InChI=1S/C30H32Cl2FNO7/c1-2-39-28(29(35)36)18-21-6-11-25(12-7-21)40-17-15-34(30(37)41-27-13-8-23(31)19-26(27)32)14-3-16-38-20-22-4-9-24(33)10-5-22/h4-13,19,28H,2-3,14-18,20H2,1H3,(H,35,36). The molecule has 41 heavy (non-hydrogen) atoms. The van der Waals surface area contributed by atoms with Gasteiger partial charge < -0.3 is 29.0 Å². The third kappa shape index (κ3) is 11.2. The van der Waals surface area contributed by atoms with Gasteiger partial charge in [0.05, 0.1) is 18.2 Å². The molecule has 1 atom stereocenters. The van der Waals surface area contributed by atoms with Crippen LogP contribution < -0.4 is 9.47 Å². The minimum Gasteiger partial charge on any atom is -0.492 e. The average molecular weight is 608 g/mol. The van der Waals surface area contributed by atoms with Gasteiger partial charge >= 0.3 is 12.1 Å². The smallest absolute Gasteiger partial charge is 0.415 e. The molecule has 0 heterocycles. The molecule has 0 aliphatic heterocycles. The second-order valence-electron chi connectivity index (χ2n) is 8.94. The van der Waals surface area contributed by atoms with Crippen LogP contribution in [0.25, 0.3) is 0 Å². The van der Waals surface area contributed by atoms with E-state index in [-0.39, 0.29) is 36.2 Å². The number of halogens is 3. The van der Waals surface area contributed by atoms with Crippen molar-refractivity contribution in [3.05, 3.63) is 93.7 Å². The normalized spacial score (nSPS) is 11.6. The molecule has 3 aromatic rings. The molecule has 0 radical (unpaired) electrons. The number of carbonyl (C=O) groups is 2. The summed E-state index contributed by atoms with van der Waals surface area (Å²) in [7, 11) is 0. The Kier molecular flexibility index (Phi) is 13.2. The maximum Gasteiger partial charge on any atom is 0.415 e. The predicted octanol–water partition coefficient (Wildman–Crippen LogP) is 6.65. The van der Waals surface area contributed by atoms with Crippen LogP contribution in [0.3, 0.4) is 0 Å². The molecule has 1 N–H and O–H groups in total. The van der Waals surface area contributed by atoms with Gasteiger partial charge in [0, 0.05) is 31.2 Å². The number of hydrogen-bond donors (Lipinski definition) is 1. The Morgan fingerprint density at radius 2 is 1.66 bits per heavy atom. The molecule has 11 heteroatoms. The van der Waals surface area contributed by atoms with E-state index in [2.05, 4.69) is 0 Å². The highest BCUT2D eigenvalue weighted by Gasteiger charge is 2.19. The number of carboxylic acid groups (broad SMARTS) is 1. The average Bonchev–Trinajstić information content (AvgIpc) is 2.95. The molecule has 0 bridgehead atoms. The molecule has 8 nitrogen and oxygen atoms in total. The Morgan fingerprint density at radius 1 is 0.951 bits per heavy atom. The maximum atomic E-state index is 13.1. The second kappa shape index (κ2) is 16.8. The minimum absolute atomic E-state index is 0.177. The van der Waals surface area contributed by atoms with Gasteiger partial charge in [-0.15, -0.1) is 0 Å². The van der Waals surface area contributed by atoms with Gasteiger partial charge in [-0.25, -0.2) is 14.0 Å². The fourth-order valence-electron chi connectivity index (χ4n) is 3.77. The number of nitrogens with zero attached hydrogens (tertiary/aromatic N) is 1. The zero-order chi connectivity index (χ0) is 29.6. The minimum atomic E-state index is -1.01. The number of rotatable bonds is 16. The first kappa shape index (κ1) is 32.1. The van der Waals surface area contributed by atoms with Crippen LogP contribution in [0, 0.1) is 5.82 Å². The number of benzene rings is 3. The summed E-state index contributed by atoms with van der Waals surface area (Å²) in [5, 5.41) is 9.91. The fraction of sp³-hybridized carbons (Fsp3) is 0.333. The van der Waals surface area contributed by atoms with Crippen molar-refractivity contribution in [2.75, 3.05) is 32.9 Å². The topological polar surface area (TPSA) is 94.5 Å². The largest absolute Gasteiger partial charge is 0.492 e. The van der Waals surface area contributed by atoms with E-state index in [1.807, 2.05) is 0 Å². The number of ether oxygens (including phenoxy) is 4. The fourth-order valence-corrected chi connectivity index (χ4v) is 4.21. The molecule has 0 fully saturated rings. The number of amides is 1. The van der Waals surface area contributed by atoms with E-state index in [4.69, 9.17) is 42.1 Å². The Bertz CT molecular complexity index is 1260. The van der Waals surface area contributed by atoms with E-state index in [0.717, 1.165) is 11.1 Å².